The minimum absolute atomic E-state index is 0.0165. The lowest BCUT2D eigenvalue weighted by Gasteiger charge is -2.28. The number of rotatable bonds is 5. The van der Waals surface area contributed by atoms with E-state index in [-0.39, 0.29) is 17.7 Å². The van der Waals surface area contributed by atoms with Gasteiger partial charge in [0.2, 0.25) is 5.75 Å². The van der Waals surface area contributed by atoms with E-state index in [9.17, 15) is 9.59 Å². The van der Waals surface area contributed by atoms with Gasteiger partial charge in [-0.3, -0.25) is 9.59 Å². The Morgan fingerprint density at radius 3 is 2.37 bits per heavy atom. The van der Waals surface area contributed by atoms with Crippen LogP contribution in [0.25, 0.3) is 10.9 Å². The number of fused-ring (bicyclic) bond motifs is 2. The van der Waals surface area contributed by atoms with E-state index in [2.05, 4.69) is 4.98 Å². The van der Waals surface area contributed by atoms with Gasteiger partial charge in [-0.05, 0) is 24.3 Å². The third-order valence-corrected chi connectivity index (χ3v) is 5.23. The number of carbonyl (C=O) groups is 1. The van der Waals surface area contributed by atoms with Gasteiger partial charge in [-0.1, -0.05) is 0 Å². The molecule has 156 valence electrons. The van der Waals surface area contributed by atoms with E-state index in [1.54, 1.807) is 31.4 Å². The van der Waals surface area contributed by atoms with Crippen molar-refractivity contribution < 1.29 is 28.5 Å². The molecule has 8 heteroatoms. The van der Waals surface area contributed by atoms with Crippen LogP contribution in [0.15, 0.2) is 35.1 Å². The Bertz CT molecular complexity index is 1200. The van der Waals surface area contributed by atoms with Gasteiger partial charge < -0.3 is 28.7 Å². The monoisotopic (exact) mass is 411 g/mol. The molecule has 0 amide bonds. The molecule has 4 rings (SSSR count). The SMILES string of the molecule is COc1ccc2[nH]c(=O)c([C@@H]3CC(=O)Oc4cc(OC)c(OC)c(OC)c43)cc2c1. The van der Waals surface area contributed by atoms with Crippen molar-refractivity contribution in [1.82, 2.24) is 4.98 Å². The predicted molar refractivity (Wildman–Crippen MR) is 109 cm³/mol. The summed E-state index contributed by atoms with van der Waals surface area (Å²) in [5.41, 5.74) is 1.35. The van der Waals surface area contributed by atoms with Crippen molar-refractivity contribution in [3.05, 3.63) is 51.8 Å². The highest BCUT2D eigenvalue weighted by molar-refractivity contribution is 5.83. The maximum absolute atomic E-state index is 12.9. The molecule has 30 heavy (non-hydrogen) atoms. The van der Waals surface area contributed by atoms with E-state index in [4.69, 9.17) is 23.7 Å². The number of methoxy groups -OCH3 is 4. The van der Waals surface area contributed by atoms with Gasteiger partial charge in [0.25, 0.3) is 5.56 Å². The van der Waals surface area contributed by atoms with Crippen molar-refractivity contribution in [3.63, 3.8) is 0 Å². The van der Waals surface area contributed by atoms with Crippen molar-refractivity contribution in [3.8, 4) is 28.7 Å². The molecule has 1 N–H and O–H groups in total. The molecule has 0 aliphatic carbocycles. The summed E-state index contributed by atoms with van der Waals surface area (Å²) < 4.78 is 27.2. The van der Waals surface area contributed by atoms with Gasteiger partial charge in [0, 0.05) is 34.0 Å². The Balaban J connectivity index is 1.98. The lowest BCUT2D eigenvalue weighted by Crippen LogP contribution is -2.26. The molecule has 1 aliphatic rings. The van der Waals surface area contributed by atoms with Crippen LogP contribution in [-0.4, -0.2) is 39.4 Å². The van der Waals surface area contributed by atoms with Crippen LogP contribution in [0.1, 0.15) is 23.5 Å². The molecular formula is C22H21NO7. The molecular weight excluding hydrogens is 390 g/mol. The van der Waals surface area contributed by atoms with Gasteiger partial charge in [0.1, 0.15) is 11.5 Å². The molecule has 1 atom stereocenters. The van der Waals surface area contributed by atoms with Crippen molar-refractivity contribution >= 4 is 16.9 Å². The average Bonchev–Trinajstić information content (AvgIpc) is 2.76. The number of pyridine rings is 1. The fourth-order valence-electron chi connectivity index (χ4n) is 3.86. The molecule has 1 aromatic heterocycles. The number of esters is 1. The second kappa shape index (κ2) is 7.62. The lowest BCUT2D eigenvalue weighted by molar-refractivity contribution is -0.135. The normalized spacial score (nSPS) is 15.3. The van der Waals surface area contributed by atoms with E-state index in [0.29, 0.717) is 39.6 Å². The molecule has 0 saturated heterocycles. The number of aromatic nitrogens is 1. The number of benzene rings is 2. The molecule has 2 aromatic carbocycles. The average molecular weight is 411 g/mol. The minimum atomic E-state index is -0.588. The first kappa shape index (κ1) is 19.6. The fraction of sp³-hybridized carbons (Fsp3) is 0.273. The Morgan fingerprint density at radius 2 is 1.70 bits per heavy atom. The van der Waals surface area contributed by atoms with Crippen LogP contribution in [0.2, 0.25) is 0 Å². The highest BCUT2D eigenvalue weighted by Crippen LogP contribution is 2.52. The standard InChI is InChI=1S/C22H21NO7/c1-26-12-5-6-15-11(7-12)8-14(22(25)23-15)13-9-18(24)30-16-10-17(27-2)20(28-3)21(29-4)19(13)16/h5-8,10,13H,9H2,1-4H3,(H,23,25)/t13-/m0/s1. The van der Waals surface area contributed by atoms with Crippen LogP contribution in [0.3, 0.4) is 0 Å². The largest absolute Gasteiger partial charge is 0.497 e. The highest BCUT2D eigenvalue weighted by Gasteiger charge is 2.36. The molecule has 8 nitrogen and oxygen atoms in total. The summed E-state index contributed by atoms with van der Waals surface area (Å²) in [7, 11) is 6.03. The first-order valence-corrected chi connectivity index (χ1v) is 9.25. The molecule has 2 heterocycles. The molecule has 0 unspecified atom stereocenters. The van der Waals surface area contributed by atoms with Gasteiger partial charge >= 0.3 is 5.97 Å². The van der Waals surface area contributed by atoms with Crippen molar-refractivity contribution in [2.24, 2.45) is 0 Å². The molecule has 0 radical (unpaired) electrons. The molecule has 0 spiro atoms. The van der Waals surface area contributed by atoms with E-state index in [1.807, 2.05) is 6.07 Å². The van der Waals surface area contributed by atoms with E-state index in [1.165, 1.54) is 21.3 Å². The third-order valence-electron chi connectivity index (χ3n) is 5.23. The number of carbonyl (C=O) groups excluding carboxylic acids is 1. The Morgan fingerprint density at radius 1 is 0.933 bits per heavy atom. The zero-order chi connectivity index (χ0) is 21.4. The molecule has 0 fully saturated rings. The van der Waals surface area contributed by atoms with E-state index >= 15 is 0 Å². The van der Waals surface area contributed by atoms with Crippen molar-refractivity contribution in [2.75, 3.05) is 28.4 Å². The molecule has 0 saturated carbocycles. The number of H-pyrrole nitrogens is 1. The van der Waals surface area contributed by atoms with Gasteiger partial charge in [0.15, 0.2) is 11.5 Å². The van der Waals surface area contributed by atoms with Gasteiger partial charge in [0.05, 0.1) is 34.9 Å². The van der Waals surface area contributed by atoms with Crippen molar-refractivity contribution in [1.29, 1.82) is 0 Å². The predicted octanol–water partition coefficient (Wildman–Crippen LogP) is 3.00. The minimum Gasteiger partial charge on any atom is -0.497 e. The zero-order valence-corrected chi connectivity index (χ0v) is 17.0. The highest BCUT2D eigenvalue weighted by atomic mass is 16.5. The summed E-state index contributed by atoms with van der Waals surface area (Å²) in [4.78, 5) is 28.2. The van der Waals surface area contributed by atoms with Crippen molar-refractivity contribution in [2.45, 2.75) is 12.3 Å². The third kappa shape index (κ3) is 3.10. The maximum atomic E-state index is 12.9. The quantitative estimate of drug-likeness (QED) is 0.509. The number of aromatic amines is 1. The van der Waals surface area contributed by atoms with Gasteiger partial charge in [-0.2, -0.15) is 0 Å². The van der Waals surface area contributed by atoms with Crippen LogP contribution < -0.4 is 29.2 Å². The Kier molecular flexibility index (Phi) is 4.99. The molecule has 3 aromatic rings. The zero-order valence-electron chi connectivity index (χ0n) is 17.0. The summed E-state index contributed by atoms with van der Waals surface area (Å²) >= 11 is 0. The Hall–Kier alpha value is -3.68. The molecule has 1 aliphatic heterocycles. The van der Waals surface area contributed by atoms with Crippen LogP contribution in [0.5, 0.6) is 28.7 Å². The van der Waals surface area contributed by atoms with Crippen LogP contribution in [-0.2, 0) is 4.79 Å². The first-order valence-electron chi connectivity index (χ1n) is 9.25. The second-order valence-corrected chi connectivity index (χ2v) is 6.79. The maximum Gasteiger partial charge on any atom is 0.312 e. The molecule has 0 bridgehead atoms. The van der Waals surface area contributed by atoms with Gasteiger partial charge in [-0.25, -0.2) is 0 Å². The topological polar surface area (TPSA) is 96.1 Å². The Labute approximate surface area is 172 Å². The lowest BCUT2D eigenvalue weighted by atomic mass is 9.85. The smallest absolute Gasteiger partial charge is 0.312 e. The van der Waals surface area contributed by atoms with Crippen LogP contribution in [0, 0.1) is 0 Å². The number of hydrogen-bond acceptors (Lipinski definition) is 7. The van der Waals surface area contributed by atoms with Crippen LogP contribution >= 0.6 is 0 Å². The first-order chi connectivity index (χ1) is 14.5. The number of nitrogens with one attached hydrogen (secondary N) is 1. The second-order valence-electron chi connectivity index (χ2n) is 6.79. The van der Waals surface area contributed by atoms with Crippen LogP contribution in [0.4, 0.5) is 0 Å². The summed E-state index contributed by atoms with van der Waals surface area (Å²) in [6.07, 6.45) is -0.0165. The summed E-state index contributed by atoms with van der Waals surface area (Å²) in [6.45, 7) is 0. The fourth-order valence-corrected chi connectivity index (χ4v) is 3.86. The van der Waals surface area contributed by atoms with E-state index in [0.717, 1.165) is 5.39 Å². The summed E-state index contributed by atoms with van der Waals surface area (Å²) in [5, 5.41) is 0.781. The van der Waals surface area contributed by atoms with Gasteiger partial charge in [-0.15, -0.1) is 0 Å². The number of hydrogen-bond donors (Lipinski definition) is 1. The summed E-state index contributed by atoms with van der Waals surface area (Å²) in [5.74, 6) is 0.972. The summed E-state index contributed by atoms with van der Waals surface area (Å²) in [6, 6.07) is 8.70. The van der Waals surface area contributed by atoms with E-state index < -0.39 is 11.9 Å². The number of ether oxygens (including phenoxy) is 5.